The normalized spacial score (nSPS) is 14.5. The smallest absolute Gasteiger partial charge is 0.490 e. The first kappa shape index (κ1) is 28.4. The zero-order valence-electron chi connectivity index (χ0n) is 17.2. The first-order valence-corrected chi connectivity index (χ1v) is 9.44. The molecule has 1 aromatic carbocycles. The summed E-state index contributed by atoms with van der Waals surface area (Å²) < 4.78 is 78.5. The monoisotopic (exact) mass is 503 g/mol. The van der Waals surface area contributed by atoms with Crippen LogP contribution < -0.4 is 10.5 Å². The van der Waals surface area contributed by atoms with E-state index in [2.05, 4.69) is 9.97 Å². The van der Waals surface area contributed by atoms with E-state index in [-0.39, 0.29) is 23.7 Å². The summed E-state index contributed by atoms with van der Waals surface area (Å²) in [6.45, 7) is 3.35. The molecule has 2 atom stereocenters. The van der Waals surface area contributed by atoms with Crippen molar-refractivity contribution in [2.24, 2.45) is 5.73 Å². The van der Waals surface area contributed by atoms with Crippen LogP contribution in [0.15, 0.2) is 30.6 Å². The van der Waals surface area contributed by atoms with Crippen molar-refractivity contribution in [2.75, 3.05) is 13.2 Å². The molecule has 0 saturated carbocycles. The molecule has 2 aromatic rings. The molecule has 0 radical (unpaired) electrons. The lowest BCUT2D eigenvalue weighted by Crippen LogP contribution is -2.47. The Morgan fingerprint density at radius 1 is 1.18 bits per heavy atom. The zero-order valence-corrected chi connectivity index (χ0v) is 18.0. The van der Waals surface area contributed by atoms with E-state index in [0.717, 1.165) is 6.20 Å². The van der Waals surface area contributed by atoms with E-state index in [0.29, 0.717) is 11.4 Å². The number of aliphatic hydroxyl groups is 1. The highest BCUT2D eigenvalue weighted by molar-refractivity contribution is 6.31. The van der Waals surface area contributed by atoms with Gasteiger partial charge in [-0.2, -0.15) is 26.3 Å². The molecule has 33 heavy (non-hydrogen) atoms. The third kappa shape index (κ3) is 7.17. The third-order valence-electron chi connectivity index (χ3n) is 4.30. The van der Waals surface area contributed by atoms with Crippen LogP contribution in [0.25, 0.3) is 0 Å². The molecule has 0 saturated heterocycles. The molecule has 0 aliphatic carbocycles. The summed E-state index contributed by atoms with van der Waals surface area (Å²) in [5.74, 6) is -3.81. The fourth-order valence-electron chi connectivity index (χ4n) is 2.55. The van der Waals surface area contributed by atoms with Crippen molar-refractivity contribution >= 4 is 17.6 Å². The maximum absolute atomic E-state index is 13.8. The van der Waals surface area contributed by atoms with Crippen molar-refractivity contribution in [1.82, 2.24) is 9.97 Å². The van der Waals surface area contributed by atoms with Gasteiger partial charge in [0.15, 0.2) is 0 Å². The number of halogens is 7. The van der Waals surface area contributed by atoms with E-state index in [1.807, 2.05) is 0 Å². The van der Waals surface area contributed by atoms with E-state index >= 15 is 0 Å². The van der Waals surface area contributed by atoms with Gasteiger partial charge in [0.2, 0.25) is 5.60 Å². The molecule has 2 rings (SSSR count). The fraction of sp³-hybridized carbons (Fsp3) is 0.421. The van der Waals surface area contributed by atoms with Crippen molar-refractivity contribution in [3.63, 3.8) is 0 Å². The number of rotatable bonds is 6. The average molecular weight is 504 g/mol. The number of hydrogen-bond donors (Lipinski definition) is 3. The molecule has 0 fully saturated rings. The lowest BCUT2D eigenvalue weighted by Gasteiger charge is -2.35. The molecular weight excluding hydrogens is 484 g/mol. The molecule has 2 unspecified atom stereocenters. The number of aliphatic carboxylic acids is 1. The number of carboxylic acids is 1. The number of aromatic nitrogens is 2. The lowest BCUT2D eigenvalue weighted by molar-refractivity contribution is -0.276. The Morgan fingerprint density at radius 3 is 2.15 bits per heavy atom. The topological polar surface area (TPSA) is 119 Å². The Balaban J connectivity index is 0.000000675. The highest BCUT2D eigenvalue weighted by atomic mass is 35.5. The van der Waals surface area contributed by atoms with E-state index in [1.54, 1.807) is 6.92 Å². The SMILES string of the molecule is Cc1cnc(C(O)(C(C)c2ccc(OCCN)cc2Cl)C(F)(F)F)cn1.O=C(O)C(F)(F)F. The van der Waals surface area contributed by atoms with Crippen LogP contribution in [0, 0.1) is 6.92 Å². The van der Waals surface area contributed by atoms with Crippen LogP contribution >= 0.6 is 11.6 Å². The van der Waals surface area contributed by atoms with Crippen molar-refractivity contribution in [3.05, 3.63) is 52.6 Å². The summed E-state index contributed by atoms with van der Waals surface area (Å²) in [4.78, 5) is 16.5. The van der Waals surface area contributed by atoms with Gasteiger partial charge in [0, 0.05) is 23.7 Å². The molecule has 0 bridgehead atoms. The minimum Gasteiger partial charge on any atom is -0.492 e. The first-order chi connectivity index (χ1) is 15.1. The second-order valence-corrected chi connectivity index (χ2v) is 7.06. The Labute approximate surface area is 189 Å². The fourth-order valence-corrected chi connectivity index (χ4v) is 2.89. The van der Waals surface area contributed by atoms with Crippen LogP contribution in [0.5, 0.6) is 5.75 Å². The molecule has 4 N–H and O–H groups in total. The van der Waals surface area contributed by atoms with E-state index in [1.165, 1.54) is 31.3 Å². The third-order valence-corrected chi connectivity index (χ3v) is 4.63. The number of benzene rings is 1. The van der Waals surface area contributed by atoms with Crippen LogP contribution in [-0.4, -0.2) is 51.7 Å². The van der Waals surface area contributed by atoms with Crippen molar-refractivity contribution < 1.29 is 46.1 Å². The summed E-state index contributed by atoms with van der Waals surface area (Å²) in [6, 6.07) is 4.25. The number of hydrogen-bond acceptors (Lipinski definition) is 6. The van der Waals surface area contributed by atoms with Gasteiger partial charge in [0.05, 0.1) is 11.9 Å². The quantitative estimate of drug-likeness (QED) is 0.510. The van der Waals surface area contributed by atoms with Crippen LogP contribution in [0.1, 0.15) is 29.8 Å². The predicted octanol–water partition coefficient (Wildman–Crippen LogP) is 3.96. The standard InChI is InChI=1S/C17H19ClF3N3O2.C2HF3O2/c1-10-8-24-15(9-23-10)16(25,17(19,20)21)11(2)13-4-3-12(7-14(13)18)26-6-5-22;3-2(4,5)1(6)7/h3-4,7-9,11,25H,5-6,22H2,1-2H3;(H,6,7). The second-order valence-electron chi connectivity index (χ2n) is 6.65. The molecule has 0 spiro atoms. The molecular formula is C19H20ClF6N3O4. The molecule has 1 heterocycles. The Morgan fingerprint density at radius 2 is 1.76 bits per heavy atom. The lowest BCUT2D eigenvalue weighted by atomic mass is 9.80. The van der Waals surface area contributed by atoms with Gasteiger partial charge in [-0.15, -0.1) is 0 Å². The van der Waals surface area contributed by atoms with Crippen LogP contribution in [0.3, 0.4) is 0 Å². The summed E-state index contributed by atoms with van der Waals surface area (Å²) >= 11 is 6.15. The van der Waals surface area contributed by atoms with E-state index in [9.17, 15) is 31.4 Å². The maximum atomic E-state index is 13.8. The average Bonchev–Trinajstić information content (AvgIpc) is 2.70. The summed E-state index contributed by atoms with van der Waals surface area (Å²) in [7, 11) is 0. The number of aryl methyl sites for hydroxylation is 1. The number of alkyl halides is 6. The van der Waals surface area contributed by atoms with E-state index in [4.69, 9.17) is 32.0 Å². The summed E-state index contributed by atoms with van der Waals surface area (Å²) in [5, 5.41) is 17.8. The molecule has 7 nitrogen and oxygen atoms in total. The molecule has 184 valence electrons. The molecule has 14 heteroatoms. The van der Waals surface area contributed by atoms with Crippen LogP contribution in [0.4, 0.5) is 26.3 Å². The summed E-state index contributed by atoms with van der Waals surface area (Å²) in [5.41, 5.74) is 2.04. The largest absolute Gasteiger partial charge is 0.492 e. The minimum atomic E-state index is -5.08. The first-order valence-electron chi connectivity index (χ1n) is 9.06. The van der Waals surface area contributed by atoms with Crippen LogP contribution in [0.2, 0.25) is 5.02 Å². The second kappa shape index (κ2) is 11.0. The number of carboxylic acid groups (broad SMARTS) is 1. The van der Waals surface area contributed by atoms with Gasteiger partial charge in [-0.3, -0.25) is 9.97 Å². The van der Waals surface area contributed by atoms with Crippen LogP contribution in [-0.2, 0) is 10.4 Å². The van der Waals surface area contributed by atoms with Crippen molar-refractivity contribution in [1.29, 1.82) is 0 Å². The molecule has 1 aromatic heterocycles. The summed E-state index contributed by atoms with van der Waals surface area (Å²) in [6.07, 6.45) is -7.98. The van der Waals surface area contributed by atoms with Gasteiger partial charge in [0.25, 0.3) is 0 Å². The van der Waals surface area contributed by atoms with Crippen molar-refractivity contribution in [2.45, 2.75) is 37.7 Å². The zero-order chi connectivity index (χ0) is 25.6. The Hall–Kier alpha value is -2.64. The van der Waals surface area contributed by atoms with Gasteiger partial charge in [-0.25, -0.2) is 4.79 Å². The Bertz CT molecular complexity index is 941. The number of nitrogens with two attached hydrogens (primary N) is 1. The minimum absolute atomic E-state index is 0.0368. The molecule has 0 aliphatic heterocycles. The maximum Gasteiger partial charge on any atom is 0.490 e. The van der Waals surface area contributed by atoms with Gasteiger partial charge in [-0.05, 0) is 24.6 Å². The van der Waals surface area contributed by atoms with Gasteiger partial charge in [-0.1, -0.05) is 24.6 Å². The molecule has 0 aliphatic rings. The van der Waals surface area contributed by atoms with Gasteiger partial charge in [0.1, 0.15) is 18.1 Å². The van der Waals surface area contributed by atoms with Crippen molar-refractivity contribution in [3.8, 4) is 5.75 Å². The van der Waals surface area contributed by atoms with Gasteiger partial charge < -0.3 is 20.7 Å². The predicted molar refractivity (Wildman–Crippen MR) is 105 cm³/mol. The molecule has 0 amide bonds. The highest BCUT2D eigenvalue weighted by Gasteiger charge is 2.60. The Kier molecular flexibility index (Phi) is 9.45. The van der Waals surface area contributed by atoms with E-state index < -0.39 is 35.5 Å². The number of nitrogens with zero attached hydrogens (tertiary/aromatic N) is 2. The number of carbonyl (C=O) groups is 1. The number of ether oxygens (including phenoxy) is 1. The van der Waals surface area contributed by atoms with Gasteiger partial charge >= 0.3 is 18.3 Å². The highest BCUT2D eigenvalue weighted by Crippen LogP contribution is 2.49.